The van der Waals surface area contributed by atoms with Gasteiger partial charge in [-0.25, -0.2) is 4.39 Å². The standard InChI is InChI=1S/C18H15F3N2O3/c1-11(24)22-15-10-13(7-8-14(15)19)23-17(25)9-6-12-4-2-3-5-16(12)26-18(20)21/h2-10,18H,1H3,(H,22,24)(H,23,25)/b9-6+. The van der Waals surface area contributed by atoms with Gasteiger partial charge in [0.2, 0.25) is 11.8 Å². The van der Waals surface area contributed by atoms with Crippen molar-refractivity contribution in [2.24, 2.45) is 0 Å². The van der Waals surface area contributed by atoms with Crippen LogP contribution in [0.25, 0.3) is 6.08 Å². The van der Waals surface area contributed by atoms with Crippen LogP contribution in [0.2, 0.25) is 0 Å². The predicted octanol–water partition coefficient (Wildman–Crippen LogP) is 4.04. The minimum absolute atomic E-state index is 0.0683. The van der Waals surface area contributed by atoms with E-state index in [0.717, 1.165) is 12.1 Å². The van der Waals surface area contributed by atoms with E-state index in [1.807, 2.05) is 0 Å². The summed E-state index contributed by atoms with van der Waals surface area (Å²) in [7, 11) is 0. The monoisotopic (exact) mass is 364 g/mol. The first-order valence-electron chi connectivity index (χ1n) is 7.45. The van der Waals surface area contributed by atoms with Crippen molar-refractivity contribution in [1.82, 2.24) is 0 Å². The van der Waals surface area contributed by atoms with E-state index < -0.39 is 24.2 Å². The summed E-state index contributed by atoms with van der Waals surface area (Å²) in [6.45, 7) is -1.75. The van der Waals surface area contributed by atoms with E-state index in [1.165, 1.54) is 43.3 Å². The van der Waals surface area contributed by atoms with Crippen LogP contribution in [-0.4, -0.2) is 18.4 Å². The molecule has 0 aromatic heterocycles. The summed E-state index contributed by atoms with van der Waals surface area (Å²) < 4.78 is 42.7. The highest BCUT2D eigenvalue weighted by molar-refractivity contribution is 6.02. The first kappa shape index (κ1) is 19.0. The quantitative estimate of drug-likeness (QED) is 0.761. The Morgan fingerprint density at radius 3 is 2.54 bits per heavy atom. The summed E-state index contributed by atoms with van der Waals surface area (Å²) in [5, 5.41) is 4.78. The number of hydrogen-bond donors (Lipinski definition) is 2. The van der Waals surface area contributed by atoms with Crippen LogP contribution >= 0.6 is 0 Å². The molecule has 2 N–H and O–H groups in total. The SMILES string of the molecule is CC(=O)Nc1cc(NC(=O)/C=C/c2ccccc2OC(F)F)ccc1F. The smallest absolute Gasteiger partial charge is 0.387 e. The summed E-state index contributed by atoms with van der Waals surface area (Å²) >= 11 is 0. The third-order valence-corrected chi connectivity index (χ3v) is 3.09. The molecule has 2 amide bonds. The zero-order chi connectivity index (χ0) is 19.1. The van der Waals surface area contributed by atoms with E-state index in [0.29, 0.717) is 5.56 Å². The molecule has 136 valence electrons. The number of ether oxygens (including phenoxy) is 1. The van der Waals surface area contributed by atoms with E-state index in [2.05, 4.69) is 15.4 Å². The molecule has 2 aromatic rings. The summed E-state index contributed by atoms with van der Waals surface area (Å²) in [6.07, 6.45) is 2.43. The number of carbonyl (C=O) groups is 2. The number of anilines is 2. The Labute approximate surface area is 147 Å². The van der Waals surface area contributed by atoms with Gasteiger partial charge in [0.15, 0.2) is 0 Å². The Bertz CT molecular complexity index is 838. The van der Waals surface area contributed by atoms with Gasteiger partial charge in [0.25, 0.3) is 0 Å². The lowest BCUT2D eigenvalue weighted by molar-refractivity contribution is -0.114. The molecule has 0 atom stereocenters. The third kappa shape index (κ3) is 5.66. The predicted molar refractivity (Wildman–Crippen MR) is 91.4 cm³/mol. The van der Waals surface area contributed by atoms with Crippen molar-refractivity contribution >= 4 is 29.3 Å². The maximum absolute atomic E-state index is 13.6. The Morgan fingerprint density at radius 2 is 1.85 bits per heavy atom. The molecular weight excluding hydrogens is 349 g/mol. The van der Waals surface area contributed by atoms with Crippen LogP contribution in [0.15, 0.2) is 48.5 Å². The van der Waals surface area contributed by atoms with E-state index >= 15 is 0 Å². The number of rotatable bonds is 6. The number of carbonyl (C=O) groups excluding carboxylic acids is 2. The first-order chi connectivity index (χ1) is 12.3. The highest BCUT2D eigenvalue weighted by Gasteiger charge is 2.09. The first-order valence-corrected chi connectivity index (χ1v) is 7.45. The summed E-state index contributed by atoms with van der Waals surface area (Å²) in [6, 6.07) is 9.66. The lowest BCUT2D eigenvalue weighted by atomic mass is 10.2. The number of benzene rings is 2. The van der Waals surface area contributed by atoms with Gasteiger partial charge in [-0.15, -0.1) is 0 Å². The van der Waals surface area contributed by atoms with E-state index in [1.54, 1.807) is 6.07 Å². The van der Waals surface area contributed by atoms with Crippen LogP contribution in [0.3, 0.4) is 0 Å². The number of alkyl halides is 2. The van der Waals surface area contributed by atoms with E-state index in [4.69, 9.17) is 0 Å². The third-order valence-electron chi connectivity index (χ3n) is 3.09. The zero-order valence-corrected chi connectivity index (χ0v) is 13.6. The molecule has 0 fully saturated rings. The molecule has 8 heteroatoms. The van der Waals surface area contributed by atoms with E-state index in [-0.39, 0.29) is 17.1 Å². The molecule has 0 bridgehead atoms. The molecule has 0 heterocycles. The summed E-state index contributed by atoms with van der Waals surface area (Å²) in [4.78, 5) is 23.0. The normalized spacial score (nSPS) is 10.8. The van der Waals surface area contributed by atoms with Crippen LogP contribution in [0.1, 0.15) is 12.5 Å². The van der Waals surface area contributed by atoms with Crippen LogP contribution in [0.4, 0.5) is 24.5 Å². The topological polar surface area (TPSA) is 67.4 Å². The number of nitrogens with one attached hydrogen (secondary N) is 2. The Kier molecular flexibility index (Phi) is 6.37. The molecule has 0 radical (unpaired) electrons. The van der Waals surface area contributed by atoms with Crippen LogP contribution in [-0.2, 0) is 9.59 Å². The summed E-state index contributed by atoms with van der Waals surface area (Å²) in [5.41, 5.74) is 0.470. The molecule has 0 unspecified atom stereocenters. The largest absolute Gasteiger partial charge is 0.434 e. The van der Waals surface area contributed by atoms with Gasteiger partial charge in [-0.3, -0.25) is 9.59 Å². The average molecular weight is 364 g/mol. The lowest BCUT2D eigenvalue weighted by Gasteiger charge is -2.08. The number of amides is 2. The average Bonchev–Trinajstić information content (AvgIpc) is 2.56. The minimum atomic E-state index is -2.98. The van der Waals surface area contributed by atoms with Gasteiger partial charge >= 0.3 is 6.61 Å². The van der Waals surface area contributed by atoms with Crippen molar-refractivity contribution in [3.63, 3.8) is 0 Å². The van der Waals surface area contributed by atoms with Crippen molar-refractivity contribution in [1.29, 1.82) is 0 Å². The fourth-order valence-electron chi connectivity index (χ4n) is 2.06. The molecule has 0 spiro atoms. The van der Waals surface area contributed by atoms with Gasteiger partial charge in [-0.1, -0.05) is 18.2 Å². The molecule has 0 aliphatic heterocycles. The molecular formula is C18H15F3N2O3. The molecule has 0 aliphatic carbocycles. The van der Waals surface area contributed by atoms with Crippen molar-refractivity contribution in [3.05, 3.63) is 59.9 Å². The van der Waals surface area contributed by atoms with Crippen molar-refractivity contribution in [3.8, 4) is 5.75 Å². The minimum Gasteiger partial charge on any atom is -0.434 e. The van der Waals surface area contributed by atoms with Crippen LogP contribution < -0.4 is 15.4 Å². The fraction of sp³-hybridized carbons (Fsp3) is 0.111. The highest BCUT2D eigenvalue weighted by atomic mass is 19.3. The van der Waals surface area contributed by atoms with Crippen LogP contribution in [0.5, 0.6) is 5.75 Å². The number of hydrogen-bond acceptors (Lipinski definition) is 3. The zero-order valence-electron chi connectivity index (χ0n) is 13.6. The molecule has 5 nitrogen and oxygen atoms in total. The molecule has 0 aliphatic rings. The molecule has 0 saturated heterocycles. The number of para-hydroxylation sites is 1. The molecule has 2 aromatic carbocycles. The van der Waals surface area contributed by atoms with Gasteiger partial charge < -0.3 is 15.4 Å². The Morgan fingerprint density at radius 1 is 1.12 bits per heavy atom. The van der Waals surface area contributed by atoms with Crippen molar-refractivity contribution in [2.45, 2.75) is 13.5 Å². The van der Waals surface area contributed by atoms with Gasteiger partial charge in [0, 0.05) is 24.3 Å². The second-order valence-corrected chi connectivity index (χ2v) is 5.11. The van der Waals surface area contributed by atoms with Gasteiger partial charge in [0.05, 0.1) is 5.69 Å². The summed E-state index contributed by atoms with van der Waals surface area (Å²) in [5.74, 6) is -1.74. The maximum atomic E-state index is 13.6. The molecule has 2 rings (SSSR count). The van der Waals surface area contributed by atoms with Crippen molar-refractivity contribution < 1.29 is 27.5 Å². The Hall–Kier alpha value is -3.29. The van der Waals surface area contributed by atoms with Gasteiger partial charge in [-0.05, 0) is 30.3 Å². The van der Waals surface area contributed by atoms with Crippen molar-refractivity contribution in [2.75, 3.05) is 10.6 Å². The van der Waals surface area contributed by atoms with Crippen LogP contribution in [0, 0.1) is 5.82 Å². The van der Waals surface area contributed by atoms with Gasteiger partial charge in [-0.2, -0.15) is 8.78 Å². The fourth-order valence-corrected chi connectivity index (χ4v) is 2.06. The van der Waals surface area contributed by atoms with Gasteiger partial charge in [0.1, 0.15) is 11.6 Å². The second-order valence-electron chi connectivity index (χ2n) is 5.11. The second kappa shape index (κ2) is 8.70. The molecule has 0 saturated carbocycles. The highest BCUT2D eigenvalue weighted by Crippen LogP contribution is 2.22. The maximum Gasteiger partial charge on any atom is 0.387 e. The molecule has 26 heavy (non-hydrogen) atoms. The number of halogens is 3. The van der Waals surface area contributed by atoms with E-state index in [9.17, 15) is 22.8 Å². The Balaban J connectivity index is 2.10. The lowest BCUT2D eigenvalue weighted by Crippen LogP contribution is -2.11.